The lowest BCUT2D eigenvalue weighted by atomic mass is 9.90. The molecule has 0 aromatic heterocycles. The molecule has 114 valence electrons. The van der Waals surface area contributed by atoms with Crippen LogP contribution in [-0.4, -0.2) is 20.4 Å². The summed E-state index contributed by atoms with van der Waals surface area (Å²) >= 11 is 0. The lowest BCUT2D eigenvalue weighted by Crippen LogP contribution is -2.15. The highest BCUT2D eigenvalue weighted by atomic mass is 32.2. The average molecular weight is 327 g/mol. The Morgan fingerprint density at radius 3 is 2.59 bits per heavy atom. The fraction of sp³-hybridized carbons (Fsp3) is 0.143. The van der Waals surface area contributed by atoms with E-state index < -0.39 is 32.4 Å². The number of hydrogen-bond acceptors (Lipinski definition) is 3. The Bertz CT molecular complexity index is 877. The van der Waals surface area contributed by atoms with Crippen LogP contribution in [0.5, 0.6) is 0 Å². The van der Waals surface area contributed by atoms with E-state index in [0.29, 0.717) is 6.07 Å². The van der Waals surface area contributed by atoms with Gasteiger partial charge in [-0.05, 0) is 6.07 Å². The molecule has 0 atom stereocenters. The fourth-order valence-corrected chi connectivity index (χ4v) is 3.73. The minimum absolute atomic E-state index is 0.00239. The smallest absolute Gasteiger partial charge is 0.294 e. The minimum Gasteiger partial charge on any atom is -0.294 e. The number of allylic oxidation sites excluding steroid dienone is 4. The monoisotopic (exact) mass is 327 g/mol. The second kappa shape index (κ2) is 4.64. The molecule has 2 aliphatic rings. The van der Waals surface area contributed by atoms with E-state index in [1.54, 1.807) is 0 Å². The highest BCUT2D eigenvalue weighted by molar-refractivity contribution is 7.90. The van der Waals surface area contributed by atoms with Crippen molar-refractivity contribution in [2.45, 2.75) is 17.5 Å². The number of nitrogens with zero attached hydrogens (tertiary/aromatic N) is 1. The zero-order valence-electron chi connectivity index (χ0n) is 10.9. The molecule has 1 aliphatic carbocycles. The Balaban J connectivity index is 2.46. The van der Waals surface area contributed by atoms with Crippen LogP contribution in [0.15, 0.2) is 45.2 Å². The maximum Gasteiger partial charge on any atom is 0.417 e. The normalized spacial score (nSPS) is 19.7. The van der Waals surface area contributed by atoms with Crippen LogP contribution in [0.2, 0.25) is 0 Å². The fourth-order valence-electron chi connectivity index (χ4n) is 2.47. The van der Waals surface area contributed by atoms with Gasteiger partial charge in [0, 0.05) is 29.3 Å². The maximum atomic E-state index is 13.1. The molecule has 0 spiro atoms. The molecule has 3 rings (SSSR count). The molecule has 1 heterocycles. The molecule has 4 nitrogen and oxygen atoms in total. The minimum atomic E-state index is -4.87. The summed E-state index contributed by atoms with van der Waals surface area (Å²) in [6, 6.07) is 2.95. The van der Waals surface area contributed by atoms with Gasteiger partial charge < -0.3 is 0 Å². The van der Waals surface area contributed by atoms with Gasteiger partial charge in [0.25, 0.3) is 10.0 Å². The van der Waals surface area contributed by atoms with Crippen LogP contribution in [0, 0.1) is 0 Å². The zero-order valence-corrected chi connectivity index (χ0v) is 11.7. The highest BCUT2D eigenvalue weighted by Crippen LogP contribution is 2.41. The Morgan fingerprint density at radius 2 is 1.91 bits per heavy atom. The maximum absolute atomic E-state index is 13.1. The molecule has 8 heteroatoms. The summed E-state index contributed by atoms with van der Waals surface area (Å²) in [5.74, 6) is -0.443. The number of benzene rings is 1. The first-order chi connectivity index (χ1) is 10.2. The molecule has 0 unspecified atom stereocenters. The van der Waals surface area contributed by atoms with Crippen molar-refractivity contribution < 1.29 is 26.4 Å². The summed E-state index contributed by atoms with van der Waals surface area (Å²) in [6.45, 7) is 0. The van der Waals surface area contributed by atoms with Gasteiger partial charge in [0.1, 0.15) is 4.90 Å². The SMILES string of the molecule is O=C1CC=CC2=C1c1cccc(C(F)(F)F)c1S(=O)(=O)N=C2. The summed E-state index contributed by atoms with van der Waals surface area (Å²) in [5.41, 5.74) is -1.43. The van der Waals surface area contributed by atoms with Gasteiger partial charge in [-0.15, -0.1) is 0 Å². The van der Waals surface area contributed by atoms with E-state index in [9.17, 15) is 26.4 Å². The Labute approximate surface area is 123 Å². The van der Waals surface area contributed by atoms with Gasteiger partial charge in [0.2, 0.25) is 0 Å². The molecule has 0 amide bonds. The number of fused-ring (bicyclic) bond motifs is 2. The summed E-state index contributed by atoms with van der Waals surface area (Å²) in [6.07, 6.45) is -0.961. The van der Waals surface area contributed by atoms with Crippen LogP contribution < -0.4 is 0 Å². The Morgan fingerprint density at radius 1 is 1.18 bits per heavy atom. The van der Waals surface area contributed by atoms with Gasteiger partial charge in [-0.25, -0.2) is 0 Å². The van der Waals surface area contributed by atoms with Gasteiger partial charge in [-0.3, -0.25) is 4.79 Å². The number of alkyl halides is 3. The van der Waals surface area contributed by atoms with E-state index in [0.717, 1.165) is 12.3 Å². The quantitative estimate of drug-likeness (QED) is 0.736. The highest BCUT2D eigenvalue weighted by Gasteiger charge is 2.40. The van der Waals surface area contributed by atoms with Gasteiger partial charge >= 0.3 is 6.18 Å². The second-order valence-corrected chi connectivity index (χ2v) is 6.32. The first kappa shape index (κ1) is 14.7. The largest absolute Gasteiger partial charge is 0.417 e. The predicted molar refractivity (Wildman–Crippen MR) is 72.8 cm³/mol. The molecule has 0 fully saturated rings. The van der Waals surface area contributed by atoms with Gasteiger partial charge in [-0.2, -0.15) is 26.0 Å². The van der Waals surface area contributed by atoms with Crippen molar-refractivity contribution >= 4 is 27.6 Å². The Kier molecular flexibility index (Phi) is 3.10. The van der Waals surface area contributed by atoms with Crippen molar-refractivity contribution in [3.8, 4) is 0 Å². The van der Waals surface area contributed by atoms with Gasteiger partial charge in [-0.1, -0.05) is 24.3 Å². The molecule has 0 radical (unpaired) electrons. The topological polar surface area (TPSA) is 63.6 Å². The summed E-state index contributed by atoms with van der Waals surface area (Å²) in [5, 5.41) is 0. The standard InChI is InChI=1S/C14H8F3NO3S/c15-14(16,17)10-5-2-4-9-12-8(3-1-6-11(12)19)7-18-22(20,21)13(9)10/h1-5,7H,6H2. The molecular weight excluding hydrogens is 319 g/mol. The number of halogens is 3. The predicted octanol–water partition coefficient (Wildman–Crippen LogP) is 2.76. The number of rotatable bonds is 0. The first-order valence-corrected chi connectivity index (χ1v) is 7.61. The van der Waals surface area contributed by atoms with Crippen LogP contribution in [0.4, 0.5) is 13.2 Å². The van der Waals surface area contributed by atoms with E-state index in [2.05, 4.69) is 4.40 Å². The molecule has 1 aromatic carbocycles. The lowest BCUT2D eigenvalue weighted by Gasteiger charge is -2.17. The third kappa shape index (κ3) is 2.19. The van der Waals surface area contributed by atoms with E-state index in [1.807, 2.05) is 0 Å². The Hall–Kier alpha value is -2.22. The molecule has 0 N–H and O–H groups in total. The molecule has 1 aromatic rings. The summed E-state index contributed by atoms with van der Waals surface area (Å²) in [4.78, 5) is 11.1. The number of carbonyl (C=O) groups is 1. The van der Waals surface area contributed by atoms with Crippen LogP contribution >= 0.6 is 0 Å². The van der Waals surface area contributed by atoms with Crippen LogP contribution in [0.1, 0.15) is 17.5 Å². The van der Waals surface area contributed by atoms with E-state index in [4.69, 9.17) is 0 Å². The van der Waals surface area contributed by atoms with Crippen molar-refractivity contribution in [3.05, 3.63) is 47.1 Å². The molecule has 0 saturated carbocycles. The van der Waals surface area contributed by atoms with Crippen molar-refractivity contribution in [3.63, 3.8) is 0 Å². The summed E-state index contributed by atoms with van der Waals surface area (Å²) in [7, 11) is -4.55. The molecular formula is C14H8F3NO3S. The molecule has 0 bridgehead atoms. The van der Waals surface area contributed by atoms with Crippen LogP contribution in [-0.2, 0) is 21.0 Å². The lowest BCUT2D eigenvalue weighted by molar-refractivity contribution is -0.140. The van der Waals surface area contributed by atoms with Crippen molar-refractivity contribution in [2.75, 3.05) is 0 Å². The van der Waals surface area contributed by atoms with E-state index >= 15 is 0 Å². The molecule has 22 heavy (non-hydrogen) atoms. The number of sulfonamides is 1. The van der Waals surface area contributed by atoms with Crippen molar-refractivity contribution in [1.29, 1.82) is 0 Å². The number of Topliss-reactive ketones (excluding diaryl/α,β-unsaturated/α-hetero) is 1. The van der Waals surface area contributed by atoms with Gasteiger partial charge in [0.05, 0.1) is 5.56 Å². The second-order valence-electron chi connectivity index (χ2n) is 4.75. The van der Waals surface area contributed by atoms with Crippen molar-refractivity contribution in [1.82, 2.24) is 0 Å². The van der Waals surface area contributed by atoms with Crippen LogP contribution in [0.25, 0.3) is 5.57 Å². The van der Waals surface area contributed by atoms with Crippen LogP contribution in [0.3, 0.4) is 0 Å². The number of carbonyl (C=O) groups excluding carboxylic acids is 1. The number of ketones is 1. The number of hydrogen-bond donors (Lipinski definition) is 0. The molecule has 1 aliphatic heterocycles. The average Bonchev–Trinajstić information content (AvgIpc) is 2.54. The summed E-state index contributed by atoms with van der Waals surface area (Å²) < 4.78 is 67.0. The molecule has 0 saturated heterocycles. The first-order valence-electron chi connectivity index (χ1n) is 6.17. The third-order valence-corrected chi connectivity index (χ3v) is 4.69. The van der Waals surface area contributed by atoms with E-state index in [1.165, 1.54) is 18.2 Å². The van der Waals surface area contributed by atoms with Gasteiger partial charge in [0.15, 0.2) is 5.78 Å². The third-order valence-electron chi connectivity index (χ3n) is 3.35. The zero-order chi connectivity index (χ0) is 16.1. The van der Waals surface area contributed by atoms with Crippen molar-refractivity contribution in [2.24, 2.45) is 4.40 Å². The van der Waals surface area contributed by atoms with E-state index in [-0.39, 0.29) is 23.1 Å².